The Morgan fingerprint density at radius 3 is 1.80 bits per heavy atom. The van der Waals surface area contributed by atoms with Crippen molar-refractivity contribution in [1.29, 1.82) is 5.26 Å². The zero-order valence-electron chi connectivity index (χ0n) is 5.52. The fraction of sp³-hybridized carbons (Fsp3) is 0.750. The van der Waals surface area contributed by atoms with Crippen LogP contribution in [0.5, 0.6) is 0 Å². The predicted octanol–water partition coefficient (Wildman–Crippen LogP) is 1.37. The third-order valence-electron chi connectivity index (χ3n) is 1.28. The van der Waals surface area contributed by atoms with Crippen molar-refractivity contribution in [3.63, 3.8) is 0 Å². The van der Waals surface area contributed by atoms with Crippen molar-refractivity contribution in [3.05, 3.63) is 0 Å². The van der Waals surface area contributed by atoms with Crippen LogP contribution in [0.25, 0.3) is 0 Å². The second kappa shape index (κ2) is 5.61. The van der Waals surface area contributed by atoms with E-state index >= 15 is 0 Å². The number of nitriles is 1. The van der Waals surface area contributed by atoms with E-state index in [4.69, 9.17) is 5.26 Å². The molecule has 0 heterocycles. The molecule has 10 heavy (non-hydrogen) atoms. The first-order valence-corrected chi connectivity index (χ1v) is 4.70. The van der Waals surface area contributed by atoms with Gasteiger partial charge in [-0.2, -0.15) is 0 Å². The Hall–Kier alpha value is 0.981. The van der Waals surface area contributed by atoms with E-state index < -0.39 is 7.54 Å². The molecule has 0 N–H and O–H groups in total. The molecule has 0 aromatic rings. The minimum atomic E-state index is -3.67. The number of hydrogen-bond donors (Lipinski definition) is 0. The molecule has 0 spiro atoms. The van der Waals surface area contributed by atoms with Gasteiger partial charge >= 0.3 is 80.2 Å². The summed E-state index contributed by atoms with van der Waals surface area (Å²) in [4.78, 5) is 0. The first kappa shape index (κ1) is 11.0. The Labute approximate surface area is 91.8 Å². The fourth-order valence-electron chi connectivity index (χ4n) is 0.502. The average Bonchev–Trinajstić information content (AvgIpc) is 2.45. The van der Waals surface area contributed by atoms with E-state index in [0.717, 1.165) is 49.0 Å². The van der Waals surface area contributed by atoms with Gasteiger partial charge in [-0.15, -0.1) is 0 Å². The van der Waals surface area contributed by atoms with E-state index in [1.54, 1.807) is 0 Å². The van der Waals surface area contributed by atoms with Crippen LogP contribution in [-0.2, 0) is 0 Å². The molecule has 1 saturated carbocycles. The van der Waals surface area contributed by atoms with E-state index in [9.17, 15) is 12.9 Å². The van der Waals surface area contributed by atoms with Crippen LogP contribution >= 0.6 is 0 Å². The minimum absolute atomic E-state index is 0.491. The zero-order chi connectivity index (χ0) is 8.15. The molecule has 1 fully saturated rings. The van der Waals surface area contributed by atoms with Gasteiger partial charge in [-0.25, -0.2) is 0 Å². The molecule has 2 atom stereocenters. The first-order chi connectivity index (χ1) is 4.57. The molecule has 1 aliphatic carbocycles. The van der Waals surface area contributed by atoms with Crippen LogP contribution in [0.2, 0.25) is 0.0125 Å². The number of rotatable bonds is 0. The Morgan fingerprint density at radius 2 is 1.80 bits per heavy atom. The van der Waals surface area contributed by atoms with Gasteiger partial charge in [-0.1, -0.05) is 0 Å². The standard InChI is InChI=1S/C4H4N.BF3.K/c5-3-4-1-2-4;2-1(3)4;/h1,4H,2H2;;. The van der Waals surface area contributed by atoms with Crippen LogP contribution in [0.15, 0.2) is 0 Å². The van der Waals surface area contributed by atoms with Crippen molar-refractivity contribution in [2.75, 3.05) is 0 Å². The molecule has 50 valence electrons. The van der Waals surface area contributed by atoms with E-state index in [1.165, 1.54) is 6.42 Å². The summed E-state index contributed by atoms with van der Waals surface area (Å²) >= 11 is 0.924. The van der Waals surface area contributed by atoms with Gasteiger partial charge in [-0.05, 0) is 0 Å². The number of hydrogen-bond acceptors (Lipinski definition) is 1. The summed E-state index contributed by atoms with van der Waals surface area (Å²) in [6, 6.07) is 2.24. The van der Waals surface area contributed by atoms with E-state index in [2.05, 4.69) is 6.07 Å². The van der Waals surface area contributed by atoms with Crippen molar-refractivity contribution in [3.8, 4) is 6.07 Å². The van der Waals surface area contributed by atoms with Crippen molar-refractivity contribution in [2.24, 2.45) is 5.92 Å². The number of halogens is 3. The molecule has 0 amide bonds. The van der Waals surface area contributed by atoms with Gasteiger partial charge in [0, 0.05) is 0 Å². The molecule has 1 nitrogen and oxygen atoms in total. The van der Waals surface area contributed by atoms with Crippen LogP contribution < -0.4 is 0 Å². The molecule has 0 aromatic carbocycles. The Bertz CT molecular complexity index is 134. The van der Waals surface area contributed by atoms with Gasteiger partial charge in [0.25, 0.3) is 0 Å². The average molecular weight is 173 g/mol. The maximum absolute atomic E-state index is 9.67. The molecule has 0 aliphatic heterocycles. The van der Waals surface area contributed by atoms with Crippen molar-refractivity contribution >= 4 is 56.5 Å². The maximum atomic E-state index is 9.67. The topological polar surface area (TPSA) is 23.8 Å². The SMILES string of the molecule is FB(F)F.N#CC1C[CH]1[K]. The monoisotopic (exact) mass is 173 g/mol. The summed E-state index contributed by atoms with van der Waals surface area (Å²) in [5, 5.41) is 8.16. The first-order valence-electron chi connectivity index (χ1n) is 2.89. The molecular formula is C4H4BF3KN. The molecule has 0 saturated heterocycles. The molecule has 6 heteroatoms. The molecule has 2 unspecified atom stereocenters. The van der Waals surface area contributed by atoms with Crippen molar-refractivity contribution in [2.45, 2.75) is 6.43 Å². The van der Waals surface area contributed by atoms with Crippen LogP contribution in [0.4, 0.5) is 12.9 Å². The van der Waals surface area contributed by atoms with Gasteiger partial charge in [0.05, 0.1) is 0 Å². The predicted molar refractivity (Wildman–Crippen MR) is 32.3 cm³/mol. The third kappa shape index (κ3) is 7.09. The van der Waals surface area contributed by atoms with Gasteiger partial charge in [0.1, 0.15) is 0 Å². The van der Waals surface area contributed by atoms with Gasteiger partial charge in [-0.3, -0.25) is 12.9 Å². The Morgan fingerprint density at radius 1 is 1.50 bits per heavy atom. The Balaban J connectivity index is 0.000000180. The molecule has 0 aromatic heterocycles. The molecule has 0 bridgehead atoms. The van der Waals surface area contributed by atoms with Crippen LogP contribution in [0.3, 0.4) is 0 Å². The molecule has 0 radical (unpaired) electrons. The molecule has 1 aliphatic rings. The van der Waals surface area contributed by atoms with Crippen LogP contribution in [0, 0.1) is 17.2 Å². The summed E-state index contributed by atoms with van der Waals surface area (Å²) < 4.78 is 29.9. The van der Waals surface area contributed by atoms with Gasteiger partial charge < -0.3 is 0 Å². The third-order valence-corrected chi connectivity index (χ3v) is 3.27. The van der Waals surface area contributed by atoms with Gasteiger partial charge in [0.2, 0.25) is 0 Å². The second-order valence-corrected chi connectivity index (χ2v) is 4.51. The second-order valence-electron chi connectivity index (χ2n) is 2.20. The summed E-state index contributed by atoms with van der Waals surface area (Å²) in [6.07, 6.45) is 1.22. The number of nitrogens with zero attached hydrogens (tertiary/aromatic N) is 1. The zero-order valence-corrected chi connectivity index (χ0v) is 8.64. The summed E-state index contributed by atoms with van der Waals surface area (Å²) in [7, 11) is -3.67. The summed E-state index contributed by atoms with van der Waals surface area (Å²) in [6.45, 7) is 0. The van der Waals surface area contributed by atoms with E-state index in [-0.39, 0.29) is 0 Å². The molecule has 1 rings (SSSR count). The Kier molecular flexibility index (Phi) is 6.16. The van der Waals surface area contributed by atoms with Gasteiger partial charge in [0.15, 0.2) is 0 Å². The normalized spacial score (nSPS) is 27.6. The molecular weight excluding hydrogens is 169 g/mol. The van der Waals surface area contributed by atoms with E-state index in [0.29, 0.717) is 5.92 Å². The summed E-state index contributed by atoms with van der Waals surface area (Å²) in [5.41, 5.74) is 0. The van der Waals surface area contributed by atoms with Crippen LogP contribution in [-0.4, -0.2) is 56.5 Å². The van der Waals surface area contributed by atoms with Crippen LogP contribution in [0.1, 0.15) is 6.42 Å². The van der Waals surface area contributed by atoms with Crippen molar-refractivity contribution in [1.82, 2.24) is 0 Å². The van der Waals surface area contributed by atoms with Crippen molar-refractivity contribution < 1.29 is 12.9 Å². The summed E-state index contributed by atoms with van der Waals surface area (Å²) in [5.74, 6) is 0.491. The fourth-order valence-corrected chi connectivity index (χ4v) is 1.53. The van der Waals surface area contributed by atoms with E-state index in [1.807, 2.05) is 0 Å². The quantitative estimate of drug-likeness (QED) is 0.507.